The van der Waals surface area contributed by atoms with Gasteiger partial charge in [-0.3, -0.25) is 4.79 Å². The minimum absolute atomic E-state index is 0. The molecule has 0 bridgehead atoms. The number of aliphatic imine (C=N–C) groups is 1. The molecule has 0 aromatic heterocycles. The number of nitrogens with one attached hydrogen (secondary N) is 3. The van der Waals surface area contributed by atoms with E-state index in [1.807, 2.05) is 66.7 Å². The van der Waals surface area contributed by atoms with Crippen molar-refractivity contribution >= 4 is 35.8 Å². The van der Waals surface area contributed by atoms with E-state index in [1.165, 1.54) is 0 Å². The summed E-state index contributed by atoms with van der Waals surface area (Å²) in [5.74, 6) is 1.93. The number of rotatable bonds is 9. The van der Waals surface area contributed by atoms with E-state index in [2.05, 4.69) is 20.9 Å². The Kier molecular flexibility index (Phi) is 12.7. The Balaban J connectivity index is 0.00000784. The molecule has 1 rings (SSSR count). The number of ether oxygens (including phenoxy) is 2. The van der Waals surface area contributed by atoms with Crippen molar-refractivity contribution in [1.29, 1.82) is 0 Å². The van der Waals surface area contributed by atoms with Gasteiger partial charge in [0.15, 0.2) is 17.5 Å². The van der Waals surface area contributed by atoms with Gasteiger partial charge in [-0.25, -0.2) is 4.99 Å². The van der Waals surface area contributed by atoms with Crippen molar-refractivity contribution < 1.29 is 14.3 Å². The number of hydrogen-bond acceptors (Lipinski definition) is 4. The predicted octanol–water partition coefficient (Wildman–Crippen LogP) is 3.63. The molecular formula is C21H37IN4O3. The van der Waals surface area contributed by atoms with Gasteiger partial charge >= 0.3 is 0 Å². The molecule has 0 spiro atoms. The molecule has 0 saturated carbocycles. The second-order valence-electron chi connectivity index (χ2n) is 7.43. The fraction of sp³-hybridized carbons (Fsp3) is 0.619. The minimum Gasteiger partial charge on any atom is -0.490 e. The Bertz CT molecular complexity index is 660. The van der Waals surface area contributed by atoms with Crippen LogP contribution in [0.15, 0.2) is 23.2 Å². The second kappa shape index (κ2) is 13.5. The predicted molar refractivity (Wildman–Crippen MR) is 130 cm³/mol. The maximum absolute atomic E-state index is 12.0. The Morgan fingerprint density at radius 3 is 2.28 bits per heavy atom. The Morgan fingerprint density at radius 2 is 1.72 bits per heavy atom. The molecule has 0 aliphatic carbocycles. The Morgan fingerprint density at radius 1 is 1.10 bits per heavy atom. The van der Waals surface area contributed by atoms with E-state index in [-0.39, 0.29) is 48.0 Å². The van der Waals surface area contributed by atoms with Gasteiger partial charge in [-0.2, -0.15) is 0 Å². The number of carbonyl (C=O) groups is 1. The van der Waals surface area contributed by atoms with Crippen molar-refractivity contribution in [3.05, 3.63) is 23.8 Å². The smallest absolute Gasteiger partial charge is 0.242 e. The Hall–Kier alpha value is -1.71. The standard InChI is InChI=1S/C21H36N4O3.HI/c1-8-22-20(23-14-19(26)25-21(5,6)7)24-15(4)16-11-12-17(27-9-2)18(13-16)28-10-3;/h11-13,15H,8-10,14H2,1-7H3,(H,25,26)(H2,22,23,24);1H. The van der Waals surface area contributed by atoms with Crippen molar-refractivity contribution in [2.45, 2.75) is 60.0 Å². The van der Waals surface area contributed by atoms with Crippen LogP contribution in [0.1, 0.15) is 60.1 Å². The van der Waals surface area contributed by atoms with E-state index >= 15 is 0 Å². The minimum atomic E-state index is -0.274. The lowest BCUT2D eigenvalue weighted by Crippen LogP contribution is -2.43. The SMILES string of the molecule is CCNC(=NCC(=O)NC(C)(C)C)NC(C)c1ccc(OCC)c(OCC)c1.I. The van der Waals surface area contributed by atoms with E-state index in [0.717, 1.165) is 17.1 Å². The monoisotopic (exact) mass is 520 g/mol. The molecule has 7 nitrogen and oxygen atoms in total. The number of nitrogens with zero attached hydrogens (tertiary/aromatic N) is 1. The molecule has 0 fully saturated rings. The third-order valence-corrected chi connectivity index (χ3v) is 3.66. The van der Waals surface area contributed by atoms with Crippen LogP contribution >= 0.6 is 24.0 Å². The molecule has 0 heterocycles. The molecule has 1 amide bonds. The molecule has 29 heavy (non-hydrogen) atoms. The molecule has 1 aromatic rings. The van der Waals surface area contributed by atoms with Crippen LogP contribution in [-0.2, 0) is 4.79 Å². The summed E-state index contributed by atoms with van der Waals surface area (Å²) in [6.45, 7) is 15.7. The lowest BCUT2D eigenvalue weighted by molar-refractivity contribution is -0.121. The summed E-state index contributed by atoms with van der Waals surface area (Å²) in [6.07, 6.45) is 0. The van der Waals surface area contributed by atoms with Gasteiger partial charge in [0.2, 0.25) is 5.91 Å². The largest absolute Gasteiger partial charge is 0.490 e. The highest BCUT2D eigenvalue weighted by Crippen LogP contribution is 2.30. The third kappa shape index (κ3) is 10.6. The first-order chi connectivity index (χ1) is 13.2. The summed E-state index contributed by atoms with van der Waals surface area (Å²) >= 11 is 0. The molecule has 0 radical (unpaired) electrons. The molecule has 0 saturated heterocycles. The first-order valence-corrected chi connectivity index (χ1v) is 9.95. The lowest BCUT2D eigenvalue weighted by Gasteiger charge is -2.21. The van der Waals surface area contributed by atoms with Crippen molar-refractivity contribution in [1.82, 2.24) is 16.0 Å². The van der Waals surface area contributed by atoms with Gasteiger partial charge in [0.05, 0.1) is 19.3 Å². The highest BCUT2D eigenvalue weighted by atomic mass is 127. The average Bonchev–Trinajstić information content (AvgIpc) is 2.60. The lowest BCUT2D eigenvalue weighted by atomic mass is 10.1. The number of benzene rings is 1. The van der Waals surface area contributed by atoms with Crippen LogP contribution in [0.25, 0.3) is 0 Å². The zero-order chi connectivity index (χ0) is 21.2. The number of amides is 1. The van der Waals surface area contributed by atoms with E-state index in [4.69, 9.17) is 9.47 Å². The highest BCUT2D eigenvalue weighted by Gasteiger charge is 2.15. The van der Waals surface area contributed by atoms with Crippen LogP contribution in [0.5, 0.6) is 11.5 Å². The van der Waals surface area contributed by atoms with Gasteiger partial charge in [0, 0.05) is 12.1 Å². The maximum Gasteiger partial charge on any atom is 0.242 e. The van der Waals surface area contributed by atoms with E-state index in [1.54, 1.807) is 0 Å². The van der Waals surface area contributed by atoms with Crippen LogP contribution < -0.4 is 25.4 Å². The van der Waals surface area contributed by atoms with E-state index < -0.39 is 0 Å². The molecule has 3 N–H and O–H groups in total. The summed E-state index contributed by atoms with van der Waals surface area (Å²) in [4.78, 5) is 16.4. The number of hydrogen-bond donors (Lipinski definition) is 3. The van der Waals surface area contributed by atoms with E-state index in [9.17, 15) is 4.79 Å². The summed E-state index contributed by atoms with van der Waals surface area (Å²) in [5, 5.41) is 9.42. The molecule has 0 aliphatic heterocycles. The number of carbonyl (C=O) groups excluding carboxylic acids is 1. The van der Waals surface area contributed by atoms with Gasteiger partial charge in [-0.15, -0.1) is 24.0 Å². The van der Waals surface area contributed by atoms with Crippen LogP contribution in [0, 0.1) is 0 Å². The summed E-state index contributed by atoms with van der Waals surface area (Å²) < 4.78 is 11.3. The Labute approximate surface area is 192 Å². The normalized spacial score (nSPS) is 12.4. The van der Waals surface area contributed by atoms with Crippen LogP contribution in [0.4, 0.5) is 0 Å². The summed E-state index contributed by atoms with van der Waals surface area (Å²) in [6, 6.07) is 5.87. The van der Waals surface area contributed by atoms with Crippen LogP contribution in [0.3, 0.4) is 0 Å². The molecule has 8 heteroatoms. The summed E-state index contributed by atoms with van der Waals surface area (Å²) in [7, 11) is 0. The van der Waals surface area contributed by atoms with Crippen molar-refractivity contribution in [3.8, 4) is 11.5 Å². The zero-order valence-corrected chi connectivity index (χ0v) is 21.0. The van der Waals surface area contributed by atoms with Gasteiger partial charge in [0.1, 0.15) is 6.54 Å². The average molecular weight is 520 g/mol. The number of guanidine groups is 1. The highest BCUT2D eigenvalue weighted by molar-refractivity contribution is 14.0. The molecule has 1 aromatic carbocycles. The third-order valence-electron chi connectivity index (χ3n) is 3.66. The first-order valence-electron chi connectivity index (χ1n) is 9.95. The van der Waals surface area contributed by atoms with Crippen molar-refractivity contribution in [2.75, 3.05) is 26.3 Å². The topological polar surface area (TPSA) is 84.0 Å². The van der Waals surface area contributed by atoms with Crippen LogP contribution in [0.2, 0.25) is 0 Å². The van der Waals surface area contributed by atoms with Gasteiger partial charge in [-0.05, 0) is 66.2 Å². The molecule has 1 atom stereocenters. The zero-order valence-electron chi connectivity index (χ0n) is 18.7. The second-order valence-corrected chi connectivity index (χ2v) is 7.43. The molecule has 0 aliphatic rings. The number of halogens is 1. The molecule has 1 unspecified atom stereocenters. The first kappa shape index (κ1) is 27.3. The fourth-order valence-electron chi connectivity index (χ4n) is 2.55. The van der Waals surface area contributed by atoms with Crippen LogP contribution in [-0.4, -0.2) is 43.7 Å². The van der Waals surface area contributed by atoms with Crippen molar-refractivity contribution in [3.63, 3.8) is 0 Å². The fourth-order valence-corrected chi connectivity index (χ4v) is 2.55. The summed E-state index contributed by atoms with van der Waals surface area (Å²) in [5.41, 5.74) is 0.764. The van der Waals surface area contributed by atoms with Gasteiger partial charge in [0.25, 0.3) is 0 Å². The molecular weight excluding hydrogens is 483 g/mol. The molecule has 166 valence electrons. The quantitative estimate of drug-likeness (QED) is 0.263. The van der Waals surface area contributed by atoms with E-state index in [0.29, 0.717) is 25.7 Å². The van der Waals surface area contributed by atoms with Crippen molar-refractivity contribution in [2.24, 2.45) is 4.99 Å². The maximum atomic E-state index is 12.0. The van der Waals surface area contributed by atoms with Gasteiger partial charge in [-0.1, -0.05) is 6.07 Å². The van der Waals surface area contributed by atoms with Gasteiger partial charge < -0.3 is 25.4 Å².